The second-order valence-electron chi connectivity index (χ2n) is 2.12. The number of aliphatic hydroxyl groups excluding tert-OH is 1. The Kier molecular flexibility index (Phi) is 2.09. The van der Waals surface area contributed by atoms with Crippen LogP contribution >= 0.6 is 0 Å². The Hall–Kier alpha value is -1.53. The fourth-order valence-corrected chi connectivity index (χ4v) is 0.731. The predicted molar refractivity (Wildman–Crippen MR) is 38.7 cm³/mol. The van der Waals surface area contributed by atoms with Gasteiger partial charge in [-0.05, 0) is 17.7 Å². The maximum Gasteiger partial charge on any atom is 0.165 e. The number of nitrogens with zero attached hydrogens (tertiary/aromatic N) is 1. The van der Waals surface area contributed by atoms with Crippen LogP contribution in [0.4, 0.5) is 0 Å². The third-order valence-electron chi connectivity index (χ3n) is 1.33. The highest BCUT2D eigenvalue weighted by Gasteiger charge is 2.03. The molecule has 1 aromatic carbocycles. The number of phenolic OH excluding ortho intramolecular Hbond substituents is 1. The second-order valence-corrected chi connectivity index (χ2v) is 2.12. The minimum atomic E-state index is -1.10. The molecule has 3 nitrogen and oxygen atoms in total. The summed E-state index contributed by atoms with van der Waals surface area (Å²) in [5.41, 5.74) is 0.491. The Bertz CT molecular complexity index is 273. The van der Waals surface area contributed by atoms with Crippen molar-refractivity contribution < 1.29 is 10.2 Å². The zero-order valence-corrected chi connectivity index (χ0v) is 5.73. The van der Waals surface area contributed by atoms with Crippen molar-refractivity contribution in [3.05, 3.63) is 29.8 Å². The highest BCUT2D eigenvalue weighted by Crippen LogP contribution is 2.15. The van der Waals surface area contributed by atoms with Crippen LogP contribution in [0, 0.1) is 11.3 Å². The van der Waals surface area contributed by atoms with E-state index < -0.39 is 6.10 Å². The number of aromatic hydroxyl groups is 1. The van der Waals surface area contributed by atoms with Gasteiger partial charge >= 0.3 is 0 Å². The largest absolute Gasteiger partial charge is 0.508 e. The number of benzene rings is 1. The summed E-state index contributed by atoms with van der Waals surface area (Å²) in [5.74, 6) is 0.124. The summed E-state index contributed by atoms with van der Waals surface area (Å²) >= 11 is 0. The van der Waals surface area contributed by atoms with Crippen LogP contribution in [0.15, 0.2) is 24.3 Å². The third-order valence-corrected chi connectivity index (χ3v) is 1.33. The Labute approximate surface area is 64.1 Å². The molecule has 0 unspecified atom stereocenters. The lowest BCUT2D eigenvalue weighted by Gasteiger charge is -2.00. The van der Waals surface area contributed by atoms with Crippen molar-refractivity contribution in [2.75, 3.05) is 0 Å². The summed E-state index contributed by atoms with van der Waals surface area (Å²) in [5, 5.41) is 26.1. The van der Waals surface area contributed by atoms with Crippen LogP contribution in [-0.2, 0) is 0 Å². The second kappa shape index (κ2) is 3.04. The monoisotopic (exact) mass is 149 g/mol. The SMILES string of the molecule is N#C[C@@H](O)c1ccc(O)cc1. The van der Waals surface area contributed by atoms with Gasteiger partial charge in [0.25, 0.3) is 0 Å². The van der Waals surface area contributed by atoms with Gasteiger partial charge in [0.1, 0.15) is 5.75 Å². The maximum absolute atomic E-state index is 8.98. The van der Waals surface area contributed by atoms with Gasteiger partial charge in [0.15, 0.2) is 6.10 Å². The van der Waals surface area contributed by atoms with E-state index in [1.807, 2.05) is 0 Å². The highest BCUT2D eigenvalue weighted by molar-refractivity contribution is 5.29. The molecule has 0 aliphatic heterocycles. The molecule has 2 N–H and O–H groups in total. The Morgan fingerprint density at radius 1 is 1.27 bits per heavy atom. The van der Waals surface area contributed by atoms with Gasteiger partial charge in [0.2, 0.25) is 0 Å². The van der Waals surface area contributed by atoms with E-state index in [-0.39, 0.29) is 5.75 Å². The summed E-state index contributed by atoms with van der Waals surface area (Å²) in [7, 11) is 0. The molecule has 0 amide bonds. The number of aliphatic hydroxyl groups is 1. The molecular formula is C8H7NO2. The summed E-state index contributed by atoms with van der Waals surface area (Å²) in [4.78, 5) is 0. The molecule has 0 bridgehead atoms. The van der Waals surface area contributed by atoms with Gasteiger partial charge in [0.05, 0.1) is 6.07 Å². The van der Waals surface area contributed by atoms with Gasteiger partial charge in [-0.25, -0.2) is 0 Å². The van der Waals surface area contributed by atoms with Crippen LogP contribution in [0.25, 0.3) is 0 Å². The maximum atomic E-state index is 8.98. The van der Waals surface area contributed by atoms with Gasteiger partial charge in [-0.2, -0.15) is 5.26 Å². The standard InChI is InChI=1S/C8H7NO2/c9-5-8(11)6-1-3-7(10)4-2-6/h1-4,8,10-11H/t8-/m1/s1. The van der Waals surface area contributed by atoms with Crippen molar-refractivity contribution in [2.24, 2.45) is 0 Å². The first-order chi connectivity index (χ1) is 5.24. The van der Waals surface area contributed by atoms with Crippen LogP contribution < -0.4 is 0 Å². The predicted octanol–water partition coefficient (Wildman–Crippen LogP) is 0.949. The van der Waals surface area contributed by atoms with Crippen molar-refractivity contribution in [1.82, 2.24) is 0 Å². The van der Waals surface area contributed by atoms with Gasteiger partial charge in [-0.3, -0.25) is 0 Å². The Morgan fingerprint density at radius 2 is 1.82 bits per heavy atom. The average Bonchev–Trinajstić information content (AvgIpc) is 2.05. The van der Waals surface area contributed by atoms with Crippen molar-refractivity contribution >= 4 is 0 Å². The number of phenols is 1. The molecule has 0 saturated carbocycles. The molecule has 0 saturated heterocycles. The number of hydrogen-bond donors (Lipinski definition) is 2. The molecule has 1 rings (SSSR count). The minimum absolute atomic E-state index is 0.124. The lowest BCUT2D eigenvalue weighted by molar-refractivity contribution is 0.236. The van der Waals surface area contributed by atoms with Crippen molar-refractivity contribution in [2.45, 2.75) is 6.10 Å². The first-order valence-corrected chi connectivity index (χ1v) is 3.10. The summed E-state index contributed by atoms with van der Waals surface area (Å²) in [6, 6.07) is 7.53. The zero-order chi connectivity index (χ0) is 8.27. The molecule has 0 aromatic heterocycles. The van der Waals surface area contributed by atoms with E-state index in [9.17, 15) is 0 Å². The molecule has 0 spiro atoms. The van der Waals surface area contributed by atoms with Crippen LogP contribution in [0.1, 0.15) is 11.7 Å². The van der Waals surface area contributed by atoms with Crippen LogP contribution in [0.3, 0.4) is 0 Å². The Balaban J connectivity index is 2.92. The van der Waals surface area contributed by atoms with E-state index in [0.29, 0.717) is 5.56 Å². The highest BCUT2D eigenvalue weighted by atomic mass is 16.3. The topological polar surface area (TPSA) is 64.2 Å². The van der Waals surface area contributed by atoms with Crippen LogP contribution in [-0.4, -0.2) is 10.2 Å². The Morgan fingerprint density at radius 3 is 2.27 bits per heavy atom. The van der Waals surface area contributed by atoms with Crippen molar-refractivity contribution in [3.63, 3.8) is 0 Å². The van der Waals surface area contributed by atoms with Crippen molar-refractivity contribution in [3.8, 4) is 11.8 Å². The summed E-state index contributed by atoms with van der Waals surface area (Å²) in [6.45, 7) is 0. The quantitative estimate of drug-likeness (QED) is 0.584. The molecule has 3 heteroatoms. The molecule has 56 valence electrons. The van der Waals surface area contributed by atoms with E-state index in [1.54, 1.807) is 6.07 Å². The first kappa shape index (κ1) is 7.58. The molecule has 0 aliphatic rings. The van der Waals surface area contributed by atoms with E-state index in [1.165, 1.54) is 24.3 Å². The van der Waals surface area contributed by atoms with Gasteiger partial charge in [0, 0.05) is 0 Å². The normalized spacial score (nSPS) is 12.0. The summed E-state index contributed by atoms with van der Waals surface area (Å²) < 4.78 is 0. The van der Waals surface area contributed by atoms with Gasteiger partial charge < -0.3 is 10.2 Å². The molecule has 1 atom stereocenters. The third kappa shape index (κ3) is 1.69. The fraction of sp³-hybridized carbons (Fsp3) is 0.125. The van der Waals surface area contributed by atoms with Gasteiger partial charge in [-0.1, -0.05) is 12.1 Å². The first-order valence-electron chi connectivity index (χ1n) is 3.10. The van der Waals surface area contributed by atoms with E-state index in [4.69, 9.17) is 15.5 Å². The smallest absolute Gasteiger partial charge is 0.165 e. The van der Waals surface area contributed by atoms with E-state index in [0.717, 1.165) is 0 Å². The molecular weight excluding hydrogens is 142 g/mol. The van der Waals surface area contributed by atoms with E-state index >= 15 is 0 Å². The fourth-order valence-electron chi connectivity index (χ4n) is 0.731. The van der Waals surface area contributed by atoms with Crippen molar-refractivity contribution in [1.29, 1.82) is 5.26 Å². The molecule has 0 fully saturated rings. The molecule has 0 radical (unpaired) electrons. The van der Waals surface area contributed by atoms with Crippen LogP contribution in [0.5, 0.6) is 5.75 Å². The number of hydrogen-bond acceptors (Lipinski definition) is 3. The lowest BCUT2D eigenvalue weighted by atomic mass is 10.1. The minimum Gasteiger partial charge on any atom is -0.508 e. The number of rotatable bonds is 1. The lowest BCUT2D eigenvalue weighted by Crippen LogP contribution is -1.91. The molecule has 0 aliphatic carbocycles. The van der Waals surface area contributed by atoms with Gasteiger partial charge in [-0.15, -0.1) is 0 Å². The molecule has 11 heavy (non-hydrogen) atoms. The van der Waals surface area contributed by atoms with Crippen LogP contribution in [0.2, 0.25) is 0 Å². The zero-order valence-electron chi connectivity index (χ0n) is 5.73. The van der Waals surface area contributed by atoms with E-state index in [2.05, 4.69) is 0 Å². The summed E-state index contributed by atoms with van der Waals surface area (Å²) in [6.07, 6.45) is -1.10. The molecule has 0 heterocycles. The molecule has 1 aromatic rings. The average molecular weight is 149 g/mol. The number of nitriles is 1.